The molecule has 1 atom stereocenters. The lowest BCUT2D eigenvalue weighted by Gasteiger charge is -2.32. The van der Waals surface area contributed by atoms with Crippen LogP contribution >= 0.6 is 0 Å². The van der Waals surface area contributed by atoms with E-state index in [9.17, 15) is 0 Å². The van der Waals surface area contributed by atoms with Gasteiger partial charge in [0.15, 0.2) is 6.79 Å². The van der Waals surface area contributed by atoms with Gasteiger partial charge >= 0.3 is 0 Å². The van der Waals surface area contributed by atoms with Gasteiger partial charge < -0.3 is 9.47 Å². The van der Waals surface area contributed by atoms with Crippen LogP contribution in [0.2, 0.25) is 0 Å². The standard InChI is InChI=1S/C19H20O2/c1-12-8-13-9-16-17(21-11-20-16)10-15(13)18(12)19(2,3)14-6-4-5-7-14/h4-6,8-10,17H,7,11H2,1-3H3. The Morgan fingerprint density at radius 1 is 1.24 bits per heavy atom. The summed E-state index contributed by atoms with van der Waals surface area (Å²) in [5.74, 6) is 0.943. The van der Waals surface area contributed by atoms with Crippen molar-refractivity contribution in [3.8, 4) is 0 Å². The second kappa shape index (κ2) is 4.35. The van der Waals surface area contributed by atoms with Crippen LogP contribution < -0.4 is 0 Å². The lowest BCUT2D eigenvalue weighted by molar-refractivity contribution is 0.0629. The van der Waals surface area contributed by atoms with Gasteiger partial charge in [-0.25, -0.2) is 0 Å². The minimum atomic E-state index is -0.00969. The number of hydrogen-bond acceptors (Lipinski definition) is 2. The van der Waals surface area contributed by atoms with Crippen molar-refractivity contribution in [3.05, 3.63) is 70.1 Å². The van der Waals surface area contributed by atoms with E-state index in [1.807, 2.05) is 0 Å². The summed E-state index contributed by atoms with van der Waals surface area (Å²) in [7, 11) is 0. The van der Waals surface area contributed by atoms with Crippen LogP contribution in [0.1, 0.15) is 27.2 Å². The van der Waals surface area contributed by atoms with Crippen molar-refractivity contribution < 1.29 is 9.47 Å². The quantitative estimate of drug-likeness (QED) is 0.748. The molecule has 108 valence electrons. The molecule has 21 heavy (non-hydrogen) atoms. The first-order valence-electron chi connectivity index (χ1n) is 7.55. The Morgan fingerprint density at radius 3 is 2.86 bits per heavy atom. The number of rotatable bonds is 2. The molecule has 4 rings (SSSR count). The van der Waals surface area contributed by atoms with Crippen LogP contribution in [0, 0.1) is 5.41 Å². The minimum absolute atomic E-state index is 0.00969. The van der Waals surface area contributed by atoms with E-state index in [0.29, 0.717) is 6.79 Å². The molecule has 2 heteroatoms. The average Bonchev–Trinajstić information content (AvgIpc) is 3.14. The smallest absolute Gasteiger partial charge is 0.189 e. The van der Waals surface area contributed by atoms with Gasteiger partial charge in [-0.3, -0.25) is 0 Å². The molecule has 0 bridgehead atoms. The summed E-state index contributed by atoms with van der Waals surface area (Å²) in [6.07, 6.45) is 14.3. The Kier molecular flexibility index (Phi) is 2.67. The average molecular weight is 280 g/mol. The zero-order valence-corrected chi connectivity index (χ0v) is 12.8. The monoisotopic (exact) mass is 280 g/mol. The third kappa shape index (κ3) is 1.82. The van der Waals surface area contributed by atoms with Crippen molar-refractivity contribution >= 4 is 0 Å². The highest BCUT2D eigenvalue weighted by Gasteiger charge is 2.38. The molecule has 1 heterocycles. The van der Waals surface area contributed by atoms with Gasteiger partial charge in [0.1, 0.15) is 11.9 Å². The van der Waals surface area contributed by atoms with E-state index >= 15 is 0 Å². The molecule has 1 saturated heterocycles. The molecular formula is C19H20O2. The molecule has 0 N–H and O–H groups in total. The first-order chi connectivity index (χ1) is 10.1. The predicted octanol–water partition coefficient (Wildman–Crippen LogP) is 4.35. The molecule has 1 aliphatic heterocycles. The van der Waals surface area contributed by atoms with Gasteiger partial charge in [-0.05, 0) is 47.8 Å². The van der Waals surface area contributed by atoms with Gasteiger partial charge in [0.2, 0.25) is 0 Å². The van der Waals surface area contributed by atoms with E-state index < -0.39 is 0 Å². The van der Waals surface area contributed by atoms with Gasteiger partial charge in [-0.15, -0.1) is 0 Å². The topological polar surface area (TPSA) is 18.5 Å². The predicted molar refractivity (Wildman–Crippen MR) is 83.4 cm³/mol. The zero-order chi connectivity index (χ0) is 14.6. The van der Waals surface area contributed by atoms with Gasteiger partial charge in [0, 0.05) is 5.41 Å². The van der Waals surface area contributed by atoms with Crippen LogP contribution in [0.5, 0.6) is 0 Å². The highest BCUT2D eigenvalue weighted by atomic mass is 16.7. The number of fused-ring (bicyclic) bond motifs is 2. The van der Waals surface area contributed by atoms with E-state index in [4.69, 9.17) is 9.47 Å². The third-order valence-corrected chi connectivity index (χ3v) is 4.92. The largest absolute Gasteiger partial charge is 0.469 e. The second-order valence-electron chi connectivity index (χ2n) is 6.58. The molecule has 1 unspecified atom stereocenters. The molecule has 1 fully saturated rings. The van der Waals surface area contributed by atoms with Crippen molar-refractivity contribution in [2.45, 2.75) is 33.3 Å². The van der Waals surface area contributed by atoms with Gasteiger partial charge in [0.25, 0.3) is 0 Å². The molecule has 2 nitrogen and oxygen atoms in total. The molecule has 4 aliphatic rings. The van der Waals surface area contributed by atoms with Crippen molar-refractivity contribution in [3.63, 3.8) is 0 Å². The fourth-order valence-corrected chi connectivity index (χ4v) is 3.84. The van der Waals surface area contributed by atoms with Crippen LogP contribution in [0.3, 0.4) is 0 Å². The Morgan fingerprint density at radius 2 is 2.10 bits per heavy atom. The van der Waals surface area contributed by atoms with E-state index in [2.05, 4.69) is 57.2 Å². The second-order valence-corrected chi connectivity index (χ2v) is 6.58. The highest BCUT2D eigenvalue weighted by Crippen LogP contribution is 2.50. The normalized spacial score (nSPS) is 26.9. The lowest BCUT2D eigenvalue weighted by atomic mass is 9.72. The summed E-state index contributed by atoms with van der Waals surface area (Å²) in [6, 6.07) is 0. The summed E-state index contributed by atoms with van der Waals surface area (Å²) in [6.45, 7) is 7.23. The number of allylic oxidation sites excluding steroid dienone is 10. The van der Waals surface area contributed by atoms with E-state index in [0.717, 1.165) is 12.2 Å². The van der Waals surface area contributed by atoms with Gasteiger partial charge in [-0.1, -0.05) is 43.7 Å². The van der Waals surface area contributed by atoms with E-state index in [-0.39, 0.29) is 11.5 Å². The molecule has 0 radical (unpaired) electrons. The third-order valence-electron chi connectivity index (χ3n) is 4.92. The first kappa shape index (κ1) is 12.9. The summed E-state index contributed by atoms with van der Waals surface area (Å²) < 4.78 is 11.2. The maximum atomic E-state index is 5.64. The summed E-state index contributed by atoms with van der Waals surface area (Å²) in [5, 5.41) is 0. The van der Waals surface area contributed by atoms with Crippen molar-refractivity contribution in [2.75, 3.05) is 6.79 Å². The maximum absolute atomic E-state index is 5.64. The van der Waals surface area contributed by atoms with Crippen LogP contribution in [0.15, 0.2) is 70.1 Å². The van der Waals surface area contributed by atoms with Gasteiger partial charge in [-0.2, -0.15) is 0 Å². The molecule has 0 aromatic carbocycles. The lowest BCUT2D eigenvalue weighted by Crippen LogP contribution is -2.21. The molecular weight excluding hydrogens is 260 g/mol. The van der Waals surface area contributed by atoms with Crippen LogP contribution in [0.25, 0.3) is 0 Å². The Balaban J connectivity index is 1.76. The Hall–Kier alpha value is -1.80. The summed E-state index contributed by atoms with van der Waals surface area (Å²) in [4.78, 5) is 0. The van der Waals surface area contributed by atoms with Crippen molar-refractivity contribution in [1.82, 2.24) is 0 Å². The van der Waals surface area contributed by atoms with Crippen LogP contribution in [-0.4, -0.2) is 12.9 Å². The first-order valence-corrected chi connectivity index (χ1v) is 7.55. The van der Waals surface area contributed by atoms with Crippen LogP contribution in [0.4, 0.5) is 0 Å². The van der Waals surface area contributed by atoms with E-state index in [1.54, 1.807) is 0 Å². The van der Waals surface area contributed by atoms with Gasteiger partial charge in [0.05, 0.1) is 0 Å². The zero-order valence-electron chi connectivity index (χ0n) is 12.8. The minimum Gasteiger partial charge on any atom is -0.469 e. The molecule has 0 aromatic rings. The van der Waals surface area contributed by atoms with Crippen molar-refractivity contribution in [1.29, 1.82) is 0 Å². The maximum Gasteiger partial charge on any atom is 0.189 e. The van der Waals surface area contributed by atoms with Crippen LogP contribution in [-0.2, 0) is 9.47 Å². The molecule has 0 aromatic heterocycles. The SMILES string of the molecule is CC1=C(C(C)(C)C2=CC=CC2)C2=CC3OCOC3=CC2=C1. The fourth-order valence-electron chi connectivity index (χ4n) is 3.84. The number of ether oxygens (including phenoxy) is 2. The molecule has 0 amide bonds. The molecule has 3 aliphatic carbocycles. The summed E-state index contributed by atoms with van der Waals surface area (Å²) >= 11 is 0. The number of hydrogen-bond donors (Lipinski definition) is 0. The van der Waals surface area contributed by atoms with E-state index in [1.165, 1.54) is 27.9 Å². The summed E-state index contributed by atoms with van der Waals surface area (Å²) in [5.41, 5.74) is 6.89. The molecule has 0 saturated carbocycles. The van der Waals surface area contributed by atoms with Crippen molar-refractivity contribution in [2.24, 2.45) is 5.41 Å². The Bertz CT molecular complexity index is 693. The molecule has 0 spiro atoms. The highest BCUT2D eigenvalue weighted by molar-refractivity contribution is 5.68. The Labute approximate surface area is 125 Å². The fraction of sp³-hybridized carbons (Fsp3) is 0.368.